The van der Waals surface area contributed by atoms with Gasteiger partial charge in [-0.05, 0) is 35.4 Å². The van der Waals surface area contributed by atoms with Gasteiger partial charge in [0.2, 0.25) is 0 Å². The van der Waals surface area contributed by atoms with Crippen LogP contribution in [0.4, 0.5) is 8.78 Å². The summed E-state index contributed by atoms with van der Waals surface area (Å²) in [5.41, 5.74) is 1.05. The van der Waals surface area contributed by atoms with Crippen molar-refractivity contribution in [3.05, 3.63) is 59.2 Å². The fourth-order valence-corrected chi connectivity index (χ4v) is 1.73. The molecule has 2 aromatic carbocycles. The molecule has 0 atom stereocenters. The number of hydrogen-bond acceptors (Lipinski definition) is 2. The molecule has 19 heavy (non-hydrogen) atoms. The van der Waals surface area contributed by atoms with Crippen LogP contribution in [-0.2, 0) is 12.5 Å². The molecule has 5 heteroatoms. The Bertz CT molecular complexity index is 547. The lowest BCUT2D eigenvalue weighted by molar-refractivity contribution is 0.274. The number of hydrogen-bond donors (Lipinski definition) is 1. The van der Waals surface area contributed by atoms with E-state index in [1.165, 1.54) is 12.1 Å². The Balaban J connectivity index is 2.13. The molecule has 0 aliphatic heterocycles. The van der Waals surface area contributed by atoms with E-state index < -0.39 is 17.4 Å². The van der Waals surface area contributed by atoms with Crippen LogP contribution in [0.25, 0.3) is 0 Å². The molecule has 0 spiro atoms. The molecule has 0 amide bonds. The molecule has 0 aliphatic rings. The summed E-state index contributed by atoms with van der Waals surface area (Å²) in [6.07, 6.45) is 0. The predicted octanol–water partition coefficient (Wildman–Crippen LogP) is 3.99. The lowest BCUT2D eigenvalue weighted by Crippen LogP contribution is -2.00. The van der Waals surface area contributed by atoms with Gasteiger partial charge in [-0.15, -0.1) is 11.6 Å². The van der Waals surface area contributed by atoms with E-state index in [1.807, 2.05) is 0 Å². The van der Waals surface area contributed by atoms with Crippen molar-refractivity contribution in [3.8, 4) is 11.5 Å². The van der Waals surface area contributed by atoms with E-state index in [-0.39, 0.29) is 18.2 Å². The Morgan fingerprint density at radius 1 is 1.00 bits per heavy atom. The van der Waals surface area contributed by atoms with Crippen LogP contribution in [0.5, 0.6) is 11.5 Å². The van der Waals surface area contributed by atoms with Gasteiger partial charge in [-0.3, -0.25) is 0 Å². The van der Waals surface area contributed by atoms with Crippen LogP contribution in [-0.4, -0.2) is 5.11 Å². The standard InChI is InChI=1S/C14H11ClF2O2/c15-7-10-5-12(16)14(13(17)6-10)19-8-9-1-3-11(18)4-2-9/h1-6,18H,7-8H2. The highest BCUT2D eigenvalue weighted by Gasteiger charge is 2.12. The van der Waals surface area contributed by atoms with Gasteiger partial charge in [0.25, 0.3) is 0 Å². The molecule has 0 radical (unpaired) electrons. The molecule has 0 aliphatic carbocycles. The summed E-state index contributed by atoms with van der Waals surface area (Å²) < 4.78 is 32.3. The van der Waals surface area contributed by atoms with Gasteiger partial charge in [0.15, 0.2) is 17.4 Å². The maximum absolute atomic E-state index is 13.6. The summed E-state index contributed by atoms with van der Waals surface area (Å²) in [7, 11) is 0. The smallest absolute Gasteiger partial charge is 0.191 e. The van der Waals surface area contributed by atoms with E-state index in [0.717, 1.165) is 12.1 Å². The minimum Gasteiger partial charge on any atom is -0.508 e. The maximum Gasteiger partial charge on any atom is 0.191 e. The van der Waals surface area contributed by atoms with Crippen molar-refractivity contribution in [2.45, 2.75) is 12.5 Å². The number of ether oxygens (including phenoxy) is 1. The van der Waals surface area contributed by atoms with Gasteiger partial charge in [0.05, 0.1) is 0 Å². The van der Waals surface area contributed by atoms with Crippen LogP contribution in [0.3, 0.4) is 0 Å². The first-order valence-corrected chi connectivity index (χ1v) is 6.08. The van der Waals surface area contributed by atoms with Gasteiger partial charge in [0, 0.05) is 5.88 Å². The highest BCUT2D eigenvalue weighted by atomic mass is 35.5. The van der Waals surface area contributed by atoms with Crippen LogP contribution in [0, 0.1) is 11.6 Å². The van der Waals surface area contributed by atoms with Crippen molar-refractivity contribution >= 4 is 11.6 Å². The third-order valence-corrected chi connectivity index (χ3v) is 2.84. The Hall–Kier alpha value is -1.81. The molecule has 100 valence electrons. The zero-order valence-electron chi connectivity index (χ0n) is 9.87. The van der Waals surface area contributed by atoms with E-state index >= 15 is 0 Å². The van der Waals surface area contributed by atoms with Crippen molar-refractivity contribution < 1.29 is 18.6 Å². The number of halogens is 3. The van der Waals surface area contributed by atoms with Gasteiger partial charge in [0.1, 0.15) is 12.4 Å². The molecule has 0 unspecified atom stereocenters. The number of alkyl halides is 1. The maximum atomic E-state index is 13.6. The molecule has 2 nitrogen and oxygen atoms in total. The summed E-state index contributed by atoms with van der Waals surface area (Å²) in [5.74, 6) is -1.84. The monoisotopic (exact) mass is 284 g/mol. The summed E-state index contributed by atoms with van der Waals surface area (Å²) in [6.45, 7) is 0.00828. The van der Waals surface area contributed by atoms with Gasteiger partial charge in [-0.25, -0.2) is 8.78 Å². The van der Waals surface area contributed by atoms with E-state index in [9.17, 15) is 8.78 Å². The van der Waals surface area contributed by atoms with Gasteiger partial charge >= 0.3 is 0 Å². The molecule has 2 rings (SSSR count). The quantitative estimate of drug-likeness (QED) is 0.860. The summed E-state index contributed by atoms with van der Waals surface area (Å²) in [5, 5.41) is 9.11. The lowest BCUT2D eigenvalue weighted by atomic mass is 10.2. The van der Waals surface area contributed by atoms with E-state index in [2.05, 4.69) is 0 Å². The Kier molecular flexibility index (Phi) is 4.22. The zero-order chi connectivity index (χ0) is 13.8. The fraction of sp³-hybridized carbons (Fsp3) is 0.143. The first kappa shape index (κ1) is 13.6. The molecule has 0 aromatic heterocycles. The number of aromatic hydroxyl groups is 1. The van der Waals surface area contributed by atoms with Gasteiger partial charge in [-0.2, -0.15) is 0 Å². The second-order valence-corrected chi connectivity index (χ2v) is 4.24. The van der Waals surface area contributed by atoms with Crippen LogP contribution in [0.2, 0.25) is 0 Å². The molecule has 0 saturated heterocycles. The Morgan fingerprint density at radius 2 is 1.58 bits per heavy atom. The second kappa shape index (κ2) is 5.89. The van der Waals surface area contributed by atoms with E-state index in [0.29, 0.717) is 11.1 Å². The minimum absolute atomic E-state index is 0.00828. The second-order valence-electron chi connectivity index (χ2n) is 3.98. The summed E-state index contributed by atoms with van der Waals surface area (Å²) in [4.78, 5) is 0. The molecule has 0 fully saturated rings. The first-order chi connectivity index (χ1) is 9.10. The summed E-state index contributed by atoms with van der Waals surface area (Å²) >= 11 is 5.51. The largest absolute Gasteiger partial charge is 0.508 e. The third kappa shape index (κ3) is 3.35. The van der Waals surface area contributed by atoms with Crippen LogP contribution in [0.15, 0.2) is 36.4 Å². The molecule has 0 heterocycles. The lowest BCUT2D eigenvalue weighted by Gasteiger charge is -2.09. The average molecular weight is 285 g/mol. The van der Waals surface area contributed by atoms with E-state index in [4.69, 9.17) is 21.4 Å². The Morgan fingerprint density at radius 3 is 2.11 bits per heavy atom. The van der Waals surface area contributed by atoms with Crippen molar-refractivity contribution in [1.29, 1.82) is 0 Å². The highest BCUT2D eigenvalue weighted by Crippen LogP contribution is 2.25. The van der Waals surface area contributed by atoms with Crippen LogP contribution < -0.4 is 4.74 Å². The van der Waals surface area contributed by atoms with Crippen molar-refractivity contribution in [2.24, 2.45) is 0 Å². The zero-order valence-corrected chi connectivity index (χ0v) is 10.6. The number of rotatable bonds is 4. The van der Waals surface area contributed by atoms with Crippen molar-refractivity contribution in [1.82, 2.24) is 0 Å². The normalized spacial score (nSPS) is 10.5. The van der Waals surface area contributed by atoms with Crippen LogP contribution >= 0.6 is 11.6 Å². The van der Waals surface area contributed by atoms with Crippen molar-refractivity contribution in [3.63, 3.8) is 0 Å². The number of phenolic OH excluding ortho intramolecular Hbond substituents is 1. The van der Waals surface area contributed by atoms with Gasteiger partial charge in [-0.1, -0.05) is 12.1 Å². The van der Waals surface area contributed by atoms with Gasteiger partial charge < -0.3 is 9.84 Å². The highest BCUT2D eigenvalue weighted by molar-refractivity contribution is 6.17. The SMILES string of the molecule is Oc1ccc(COc2c(F)cc(CCl)cc2F)cc1. The molecule has 1 N–H and O–H groups in total. The first-order valence-electron chi connectivity index (χ1n) is 5.54. The number of benzene rings is 2. The summed E-state index contributed by atoms with van der Waals surface area (Å²) in [6, 6.07) is 8.45. The predicted molar refractivity (Wildman–Crippen MR) is 68.4 cm³/mol. The molecular formula is C14H11ClF2O2. The average Bonchev–Trinajstić information content (AvgIpc) is 2.39. The van der Waals surface area contributed by atoms with Crippen LogP contribution in [0.1, 0.15) is 11.1 Å². The van der Waals surface area contributed by atoms with Crippen molar-refractivity contribution in [2.75, 3.05) is 0 Å². The molecule has 2 aromatic rings. The molecular weight excluding hydrogens is 274 g/mol. The van der Waals surface area contributed by atoms with E-state index in [1.54, 1.807) is 12.1 Å². The third-order valence-electron chi connectivity index (χ3n) is 2.53. The molecule has 0 bridgehead atoms. The minimum atomic E-state index is -0.783. The Labute approximate surface area is 114 Å². The molecule has 0 saturated carbocycles. The fourth-order valence-electron chi connectivity index (χ4n) is 1.58. The number of phenols is 1. The topological polar surface area (TPSA) is 29.5 Å².